The average molecular weight is 194 g/mol. The molecule has 0 fully saturated rings. The molecule has 0 saturated carbocycles. The van der Waals surface area contributed by atoms with E-state index in [0.29, 0.717) is 0 Å². The summed E-state index contributed by atoms with van der Waals surface area (Å²) in [5.41, 5.74) is 0.0532. The predicted octanol–water partition coefficient (Wildman–Crippen LogP) is 1.25. The summed E-state index contributed by atoms with van der Waals surface area (Å²) < 4.78 is 15.6. The first-order chi connectivity index (χ1) is 5.16. The molecule has 1 unspecified atom stereocenters. The number of hydrogen-bond acceptors (Lipinski definition) is 4. The lowest BCUT2D eigenvalue weighted by atomic mass is 10.6. The fourth-order valence-electron chi connectivity index (χ4n) is 0.891. The molecule has 0 amide bonds. The van der Waals surface area contributed by atoms with Crippen molar-refractivity contribution in [1.29, 1.82) is 0 Å². The number of rotatable bonds is 5. The molecule has 0 aromatic rings. The van der Waals surface area contributed by atoms with E-state index >= 15 is 0 Å². The minimum Gasteiger partial charge on any atom is -0.376 e. The van der Waals surface area contributed by atoms with Crippen molar-refractivity contribution in [3.8, 4) is 0 Å². The highest BCUT2D eigenvalue weighted by molar-refractivity contribution is 7.79. The molecule has 3 nitrogen and oxygen atoms in total. The van der Waals surface area contributed by atoms with Gasteiger partial charge in [-0.15, -0.1) is 0 Å². The van der Waals surface area contributed by atoms with Gasteiger partial charge in [0.15, 0.2) is 0 Å². The zero-order valence-electron chi connectivity index (χ0n) is 7.29. The van der Waals surface area contributed by atoms with E-state index in [4.69, 9.17) is 25.5 Å². The van der Waals surface area contributed by atoms with Gasteiger partial charge in [0.25, 0.3) is 0 Å². The molecule has 0 N–H and O–H groups in total. The molecule has 0 spiro atoms. The Bertz CT molecular complexity index is 119. The van der Waals surface area contributed by atoms with Gasteiger partial charge in [0.1, 0.15) is 0 Å². The van der Waals surface area contributed by atoms with Gasteiger partial charge in [0.2, 0.25) is 0 Å². The van der Waals surface area contributed by atoms with E-state index in [1.807, 2.05) is 6.92 Å². The zero-order chi connectivity index (χ0) is 8.91. The highest BCUT2D eigenvalue weighted by Crippen LogP contribution is 2.21. The van der Waals surface area contributed by atoms with Gasteiger partial charge in [-0.1, -0.05) is 19.1 Å². The van der Waals surface area contributed by atoms with Crippen LogP contribution >= 0.6 is 12.2 Å². The van der Waals surface area contributed by atoms with E-state index in [2.05, 4.69) is 0 Å². The van der Waals surface area contributed by atoms with Crippen LogP contribution in [0.2, 0.25) is 5.54 Å². The quantitative estimate of drug-likeness (QED) is 0.486. The van der Waals surface area contributed by atoms with Crippen molar-refractivity contribution >= 4 is 26.4 Å². The van der Waals surface area contributed by atoms with Crippen LogP contribution in [0.1, 0.15) is 6.92 Å². The molecule has 0 aromatic heterocycles. The summed E-state index contributed by atoms with van der Waals surface area (Å²) in [5, 5.41) is 1.61. The van der Waals surface area contributed by atoms with E-state index in [1.54, 1.807) is 26.7 Å². The summed E-state index contributed by atoms with van der Waals surface area (Å²) >= 11 is 4.79. The molecule has 0 aromatic carbocycles. The van der Waals surface area contributed by atoms with Gasteiger partial charge in [-0.3, -0.25) is 0 Å². The maximum absolute atomic E-state index is 5.19. The van der Waals surface area contributed by atoms with Gasteiger partial charge in [0, 0.05) is 21.3 Å². The molecule has 0 aliphatic heterocycles. The molecule has 5 heteroatoms. The predicted molar refractivity (Wildman–Crippen MR) is 49.9 cm³/mol. The van der Waals surface area contributed by atoms with Crippen LogP contribution in [0.25, 0.3) is 0 Å². The normalized spacial score (nSPS) is 14.5. The van der Waals surface area contributed by atoms with Crippen LogP contribution in [-0.2, 0) is 13.3 Å². The maximum atomic E-state index is 5.19. The molecule has 0 aliphatic carbocycles. The van der Waals surface area contributed by atoms with E-state index in [9.17, 15) is 0 Å². The Hall–Kier alpha value is 0.187. The van der Waals surface area contributed by atoms with Crippen molar-refractivity contribution < 1.29 is 13.3 Å². The summed E-state index contributed by atoms with van der Waals surface area (Å²) in [4.78, 5) is 0. The third-order valence-electron chi connectivity index (χ3n) is 1.62. The second kappa shape index (κ2) is 4.94. The molecule has 0 rings (SSSR count). The summed E-state index contributed by atoms with van der Waals surface area (Å²) in [6.45, 7) is 1.93. The first kappa shape index (κ1) is 11.2. The van der Waals surface area contributed by atoms with Crippen molar-refractivity contribution in [2.75, 3.05) is 21.3 Å². The van der Waals surface area contributed by atoms with Crippen LogP contribution in [0.5, 0.6) is 0 Å². The zero-order valence-corrected chi connectivity index (χ0v) is 9.10. The summed E-state index contributed by atoms with van der Waals surface area (Å²) in [7, 11) is 2.25. The molecule has 0 aliphatic rings. The monoisotopic (exact) mass is 194 g/mol. The van der Waals surface area contributed by atoms with Crippen LogP contribution in [0.3, 0.4) is 0 Å². The lowest BCUT2D eigenvalue weighted by Crippen LogP contribution is -2.47. The van der Waals surface area contributed by atoms with E-state index in [-0.39, 0.29) is 5.54 Å². The summed E-state index contributed by atoms with van der Waals surface area (Å²) in [6, 6.07) is 0. The molecule has 0 heterocycles. The Balaban J connectivity index is 4.38. The topological polar surface area (TPSA) is 27.7 Å². The van der Waals surface area contributed by atoms with Crippen LogP contribution < -0.4 is 0 Å². The summed E-state index contributed by atoms with van der Waals surface area (Å²) in [5.74, 6) is 0. The van der Waals surface area contributed by atoms with Gasteiger partial charge in [0.05, 0.1) is 5.54 Å². The Morgan fingerprint density at radius 2 is 1.55 bits per heavy atom. The van der Waals surface area contributed by atoms with Crippen LogP contribution in [0, 0.1) is 0 Å². The number of thiocarbonyl (C=S) groups is 1. The van der Waals surface area contributed by atoms with Gasteiger partial charge in [-0.05, 0) is 5.37 Å². The number of hydrogen-bond donors (Lipinski definition) is 0. The van der Waals surface area contributed by atoms with Gasteiger partial charge < -0.3 is 13.3 Å². The molecular weight excluding hydrogens is 180 g/mol. The highest BCUT2D eigenvalue weighted by atomic mass is 32.1. The molecule has 0 bridgehead atoms. The lowest BCUT2D eigenvalue weighted by Gasteiger charge is -2.27. The Labute approximate surface area is 74.0 Å². The van der Waals surface area contributed by atoms with Crippen molar-refractivity contribution in [3.05, 3.63) is 0 Å². The molecule has 1 atom stereocenters. The molecule has 66 valence electrons. The minimum atomic E-state index is -2.48. The fraction of sp³-hybridized carbons (Fsp3) is 0.833. The highest BCUT2D eigenvalue weighted by Gasteiger charge is 2.43. The second-order valence-electron chi connectivity index (χ2n) is 2.14. The van der Waals surface area contributed by atoms with Crippen LogP contribution in [0.15, 0.2) is 0 Å². The molecule has 0 radical (unpaired) electrons. The molecule has 0 saturated heterocycles. The van der Waals surface area contributed by atoms with Crippen LogP contribution in [0.4, 0.5) is 0 Å². The Kier molecular flexibility index (Phi) is 5.03. The van der Waals surface area contributed by atoms with Gasteiger partial charge in [-0.25, -0.2) is 0 Å². The van der Waals surface area contributed by atoms with Gasteiger partial charge >= 0.3 is 8.80 Å². The average Bonchev–Trinajstić information content (AvgIpc) is 2.08. The Morgan fingerprint density at radius 1 is 1.18 bits per heavy atom. The Morgan fingerprint density at radius 3 is 1.64 bits per heavy atom. The van der Waals surface area contributed by atoms with Crippen molar-refractivity contribution in [2.45, 2.75) is 12.5 Å². The van der Waals surface area contributed by atoms with Crippen molar-refractivity contribution in [3.63, 3.8) is 0 Å². The van der Waals surface area contributed by atoms with E-state index < -0.39 is 8.80 Å². The minimum absolute atomic E-state index is 0.0532. The lowest BCUT2D eigenvalue weighted by molar-refractivity contribution is 0.121. The standard InChI is InChI=1S/C6H14O3SSi/c1-6(5-10)11(7-2,8-3)9-4/h5-6H,1-4H3. The van der Waals surface area contributed by atoms with Crippen LogP contribution in [-0.4, -0.2) is 35.5 Å². The van der Waals surface area contributed by atoms with E-state index in [0.717, 1.165) is 0 Å². The smallest absolute Gasteiger partial charge is 0.376 e. The third-order valence-corrected chi connectivity index (χ3v) is 5.25. The van der Waals surface area contributed by atoms with Gasteiger partial charge in [-0.2, -0.15) is 0 Å². The second-order valence-corrected chi connectivity index (χ2v) is 5.76. The summed E-state index contributed by atoms with van der Waals surface area (Å²) in [6.07, 6.45) is 0. The largest absolute Gasteiger partial charge is 0.507 e. The maximum Gasteiger partial charge on any atom is 0.507 e. The SMILES string of the molecule is CO[Si](OC)(OC)C(C)C=S. The molecule has 11 heavy (non-hydrogen) atoms. The van der Waals surface area contributed by atoms with Crippen molar-refractivity contribution in [1.82, 2.24) is 0 Å². The third kappa shape index (κ3) is 2.31. The first-order valence-corrected chi connectivity index (χ1v) is 5.55. The fourth-order valence-corrected chi connectivity index (χ4v) is 3.17. The first-order valence-electron chi connectivity index (χ1n) is 3.27. The van der Waals surface area contributed by atoms with E-state index in [1.165, 1.54) is 0 Å². The van der Waals surface area contributed by atoms with Crippen molar-refractivity contribution in [2.24, 2.45) is 0 Å². The molecular formula is C6H14O3SSi.